The molecule has 1 aromatic carbocycles. The second-order valence-electron chi connectivity index (χ2n) is 4.99. The molecule has 0 radical (unpaired) electrons. The van der Waals surface area contributed by atoms with Gasteiger partial charge in [0.05, 0.1) is 12.2 Å². The van der Waals surface area contributed by atoms with Crippen LogP contribution in [0.1, 0.15) is 5.56 Å². The molecule has 1 unspecified atom stereocenters. The Morgan fingerprint density at radius 2 is 2.12 bits per heavy atom. The first-order valence-electron chi connectivity index (χ1n) is 6.96. The minimum atomic E-state index is -1.72. The predicted octanol–water partition coefficient (Wildman–Crippen LogP) is 1.43. The number of H-pyrrole nitrogens is 1. The smallest absolute Gasteiger partial charge is 0.249 e. The van der Waals surface area contributed by atoms with Crippen LogP contribution in [0.25, 0.3) is 11.0 Å². The molecular formula is C15H14FN5O2S. The van der Waals surface area contributed by atoms with Crippen LogP contribution in [0.4, 0.5) is 15.8 Å². The van der Waals surface area contributed by atoms with Gasteiger partial charge in [0.15, 0.2) is 0 Å². The third-order valence-corrected chi connectivity index (χ3v) is 3.79. The number of pyridine rings is 2. The molecule has 124 valence electrons. The zero-order chi connectivity index (χ0) is 17.1. The first kappa shape index (κ1) is 16.4. The summed E-state index contributed by atoms with van der Waals surface area (Å²) in [6.07, 6.45) is 1.56. The van der Waals surface area contributed by atoms with Gasteiger partial charge in [-0.25, -0.2) is 9.37 Å². The van der Waals surface area contributed by atoms with E-state index in [2.05, 4.69) is 20.0 Å². The average Bonchev–Trinajstić information content (AvgIpc) is 2.55. The molecule has 24 heavy (non-hydrogen) atoms. The monoisotopic (exact) mass is 347 g/mol. The summed E-state index contributed by atoms with van der Waals surface area (Å²) in [6, 6.07) is 9.29. The normalized spacial score (nSPS) is 12.3. The summed E-state index contributed by atoms with van der Waals surface area (Å²) in [7, 11) is 0. The second-order valence-corrected chi connectivity index (χ2v) is 5.88. The second kappa shape index (κ2) is 6.97. The number of hydrogen-bond acceptors (Lipinski definition) is 6. The fraction of sp³-hybridized carbons (Fsp3) is 0.0667. The van der Waals surface area contributed by atoms with Gasteiger partial charge in [-0.2, -0.15) is 0 Å². The maximum atomic E-state index is 13.8. The molecule has 0 saturated heterocycles. The highest BCUT2D eigenvalue weighted by Crippen LogP contribution is 2.24. The molecule has 5 N–H and O–H groups in total. The zero-order valence-corrected chi connectivity index (χ0v) is 13.2. The molecule has 1 atom stereocenters. The van der Waals surface area contributed by atoms with Crippen molar-refractivity contribution >= 4 is 34.0 Å². The highest BCUT2D eigenvalue weighted by molar-refractivity contribution is 7.87. The predicted molar refractivity (Wildman–Crippen MR) is 91.2 cm³/mol. The number of anilines is 2. The molecule has 9 heteroatoms. The molecule has 7 nitrogen and oxygen atoms in total. The van der Waals surface area contributed by atoms with E-state index in [1.165, 1.54) is 12.1 Å². The van der Waals surface area contributed by atoms with Crippen molar-refractivity contribution in [2.75, 3.05) is 5.32 Å². The van der Waals surface area contributed by atoms with Crippen LogP contribution in [-0.4, -0.2) is 14.5 Å². The van der Waals surface area contributed by atoms with E-state index in [-0.39, 0.29) is 12.1 Å². The van der Waals surface area contributed by atoms with Gasteiger partial charge in [-0.3, -0.25) is 4.79 Å². The van der Waals surface area contributed by atoms with Gasteiger partial charge in [0, 0.05) is 28.9 Å². The Balaban J connectivity index is 1.91. The van der Waals surface area contributed by atoms with Gasteiger partial charge in [0.2, 0.25) is 5.56 Å². The van der Waals surface area contributed by atoms with Crippen LogP contribution in [0, 0.1) is 5.82 Å². The van der Waals surface area contributed by atoms with Crippen molar-refractivity contribution in [2.24, 2.45) is 5.14 Å². The van der Waals surface area contributed by atoms with E-state index in [0.717, 1.165) is 5.39 Å². The summed E-state index contributed by atoms with van der Waals surface area (Å²) >= 11 is -1.72. The Morgan fingerprint density at radius 1 is 1.29 bits per heavy atom. The van der Waals surface area contributed by atoms with Crippen molar-refractivity contribution in [3.8, 4) is 0 Å². The van der Waals surface area contributed by atoms with Crippen molar-refractivity contribution in [3.63, 3.8) is 0 Å². The van der Waals surface area contributed by atoms with Crippen LogP contribution in [0.2, 0.25) is 0 Å². The molecule has 3 rings (SSSR count). The number of hydrogen-bond donors (Lipinski definition) is 4. The lowest BCUT2D eigenvalue weighted by Gasteiger charge is -2.11. The average molecular weight is 347 g/mol. The van der Waals surface area contributed by atoms with Crippen LogP contribution >= 0.6 is 0 Å². The largest absolute Gasteiger partial charge is 0.579 e. The maximum Gasteiger partial charge on any atom is 0.249 e. The minimum Gasteiger partial charge on any atom is -0.579 e. The number of rotatable bonds is 5. The van der Waals surface area contributed by atoms with Crippen molar-refractivity contribution in [3.05, 3.63) is 64.3 Å². The van der Waals surface area contributed by atoms with E-state index in [1.54, 1.807) is 30.5 Å². The summed E-state index contributed by atoms with van der Waals surface area (Å²) < 4.78 is 27.1. The van der Waals surface area contributed by atoms with E-state index in [9.17, 15) is 13.7 Å². The molecule has 3 aromatic rings. The molecule has 0 aliphatic carbocycles. The summed E-state index contributed by atoms with van der Waals surface area (Å²) in [6.45, 7) is 0.0366. The first-order chi connectivity index (χ1) is 11.5. The number of aromatic amines is 1. The van der Waals surface area contributed by atoms with Gasteiger partial charge in [0.1, 0.15) is 23.0 Å². The van der Waals surface area contributed by atoms with Crippen LogP contribution in [0.5, 0.6) is 0 Å². The van der Waals surface area contributed by atoms with Crippen molar-refractivity contribution in [1.29, 1.82) is 0 Å². The molecule has 0 aliphatic heterocycles. The number of nitrogens with zero attached hydrogens (tertiary/aromatic N) is 1. The number of nitrogens with two attached hydrogens (primary N) is 1. The lowest BCUT2D eigenvalue weighted by atomic mass is 10.1. The summed E-state index contributed by atoms with van der Waals surface area (Å²) in [4.78, 5) is 18.1. The molecule has 2 aromatic heterocycles. The van der Waals surface area contributed by atoms with Gasteiger partial charge < -0.3 is 14.9 Å². The van der Waals surface area contributed by atoms with Crippen LogP contribution < -0.4 is 20.7 Å². The minimum absolute atomic E-state index is 0.0366. The number of aromatic nitrogens is 2. The maximum absolute atomic E-state index is 13.8. The molecule has 0 fully saturated rings. The van der Waals surface area contributed by atoms with E-state index in [4.69, 9.17) is 5.14 Å². The Hall–Kier alpha value is -2.46. The Labute approximate surface area is 139 Å². The highest BCUT2D eigenvalue weighted by Gasteiger charge is 2.08. The molecule has 2 heterocycles. The number of benzene rings is 1. The topological polar surface area (TPSA) is 119 Å². The van der Waals surface area contributed by atoms with Gasteiger partial charge in [-0.05, 0) is 30.3 Å². The quantitative estimate of drug-likeness (QED) is 0.519. The van der Waals surface area contributed by atoms with E-state index in [0.29, 0.717) is 22.6 Å². The van der Waals surface area contributed by atoms with Crippen molar-refractivity contribution < 1.29 is 8.94 Å². The fourth-order valence-corrected chi connectivity index (χ4v) is 2.56. The standard InChI is InChI=1S/C15H14FN5O2S/c16-12-3-1-10(7-9(12)8-19-24(17)23)20-13-5-6-18-15-11(13)2-4-14(22)21-15/h1-7,19H,8,17H2,(H2,18,20,21,22). The molecule has 0 bridgehead atoms. The van der Waals surface area contributed by atoms with E-state index in [1.807, 2.05) is 0 Å². The summed E-state index contributed by atoms with van der Waals surface area (Å²) in [5, 5.41) is 9.00. The lowest BCUT2D eigenvalue weighted by molar-refractivity contribution is 0.575. The zero-order valence-electron chi connectivity index (χ0n) is 12.4. The van der Waals surface area contributed by atoms with Crippen LogP contribution in [-0.2, 0) is 18.1 Å². The van der Waals surface area contributed by atoms with Gasteiger partial charge in [0.25, 0.3) is 0 Å². The third-order valence-electron chi connectivity index (χ3n) is 3.36. The van der Waals surface area contributed by atoms with Gasteiger partial charge in [-0.1, -0.05) is 0 Å². The van der Waals surface area contributed by atoms with E-state index >= 15 is 0 Å². The first-order valence-corrected chi connectivity index (χ1v) is 8.17. The lowest BCUT2D eigenvalue weighted by Crippen LogP contribution is -2.30. The van der Waals surface area contributed by atoms with Crippen molar-refractivity contribution in [2.45, 2.75) is 6.54 Å². The summed E-state index contributed by atoms with van der Waals surface area (Å²) in [5.74, 6) is -0.428. The third kappa shape index (κ3) is 3.71. The number of halogens is 1. The molecule has 0 saturated carbocycles. The number of nitrogens with one attached hydrogen (secondary N) is 3. The molecule has 0 spiro atoms. The van der Waals surface area contributed by atoms with Crippen LogP contribution in [0.15, 0.2) is 47.4 Å². The summed E-state index contributed by atoms with van der Waals surface area (Å²) in [5.41, 5.74) is 1.89. The highest BCUT2D eigenvalue weighted by atomic mass is 32.2. The molecule has 0 amide bonds. The molecular weight excluding hydrogens is 333 g/mol. The fourth-order valence-electron chi connectivity index (χ4n) is 2.26. The Morgan fingerprint density at radius 3 is 2.92 bits per heavy atom. The van der Waals surface area contributed by atoms with Gasteiger partial charge in [-0.15, -0.1) is 9.86 Å². The van der Waals surface area contributed by atoms with E-state index < -0.39 is 17.4 Å². The Bertz CT molecular complexity index is 931. The number of fused-ring (bicyclic) bond motifs is 1. The molecule has 0 aliphatic rings. The van der Waals surface area contributed by atoms with Gasteiger partial charge >= 0.3 is 0 Å². The van der Waals surface area contributed by atoms with Crippen LogP contribution in [0.3, 0.4) is 0 Å². The van der Waals surface area contributed by atoms with Crippen molar-refractivity contribution in [1.82, 2.24) is 14.7 Å². The Kier molecular flexibility index (Phi) is 4.76. The SMILES string of the molecule is N[S+]([O-])NCc1cc(Nc2ccnc3[nH]c(=O)ccc23)ccc1F.